The Hall–Kier alpha value is -1.75. The van der Waals surface area contributed by atoms with Crippen molar-refractivity contribution < 1.29 is 17.9 Å². The summed E-state index contributed by atoms with van der Waals surface area (Å²) in [5.74, 6) is 0.687. The quantitative estimate of drug-likeness (QED) is 0.840. The summed E-state index contributed by atoms with van der Waals surface area (Å²) < 4.78 is 41.2. The fraction of sp³-hybridized carbons (Fsp3) is 0.286. The van der Waals surface area contributed by atoms with E-state index in [-0.39, 0.29) is 13.2 Å². The van der Waals surface area contributed by atoms with Crippen molar-refractivity contribution in [1.29, 1.82) is 0 Å². The number of alkyl halides is 3. The fourth-order valence-corrected chi connectivity index (χ4v) is 1.78. The lowest BCUT2D eigenvalue weighted by molar-refractivity contribution is -0.124. The third kappa shape index (κ3) is 4.13. The van der Waals surface area contributed by atoms with Crippen LogP contribution >= 0.6 is 0 Å². The first-order valence-corrected chi connectivity index (χ1v) is 5.94. The van der Waals surface area contributed by atoms with Crippen molar-refractivity contribution in [1.82, 2.24) is 5.32 Å². The first-order valence-electron chi connectivity index (χ1n) is 5.94. The number of fused-ring (bicyclic) bond motifs is 1. The van der Waals surface area contributed by atoms with Gasteiger partial charge in [0.1, 0.15) is 12.4 Å². The molecule has 0 aliphatic carbocycles. The molecular formula is C14H14F3NO. The van der Waals surface area contributed by atoms with Gasteiger partial charge in [-0.05, 0) is 11.5 Å². The predicted octanol–water partition coefficient (Wildman–Crippen LogP) is 3.37. The third-order valence-electron chi connectivity index (χ3n) is 2.61. The average Bonchev–Trinajstić information content (AvgIpc) is 2.37. The van der Waals surface area contributed by atoms with Crippen LogP contribution in [0.4, 0.5) is 13.2 Å². The van der Waals surface area contributed by atoms with Crippen LogP contribution in [0.1, 0.15) is 0 Å². The lowest BCUT2D eigenvalue weighted by Crippen LogP contribution is -2.31. The van der Waals surface area contributed by atoms with E-state index in [1.165, 1.54) is 0 Å². The van der Waals surface area contributed by atoms with Gasteiger partial charge in [-0.25, -0.2) is 0 Å². The topological polar surface area (TPSA) is 21.3 Å². The van der Waals surface area contributed by atoms with Crippen LogP contribution in [0.25, 0.3) is 10.8 Å². The second-order valence-electron chi connectivity index (χ2n) is 4.12. The summed E-state index contributed by atoms with van der Waals surface area (Å²) in [6.07, 6.45) is -4.18. The molecule has 0 saturated carbocycles. The van der Waals surface area contributed by atoms with Crippen molar-refractivity contribution in [3.8, 4) is 5.75 Å². The van der Waals surface area contributed by atoms with Crippen LogP contribution in [0.2, 0.25) is 0 Å². The van der Waals surface area contributed by atoms with Crippen LogP contribution in [-0.4, -0.2) is 25.9 Å². The number of benzene rings is 2. The molecule has 0 amide bonds. The monoisotopic (exact) mass is 269 g/mol. The van der Waals surface area contributed by atoms with Crippen LogP contribution in [0.15, 0.2) is 42.5 Å². The minimum absolute atomic E-state index is 0.155. The summed E-state index contributed by atoms with van der Waals surface area (Å²) in [5, 5.41) is 4.30. The van der Waals surface area contributed by atoms with E-state index >= 15 is 0 Å². The number of ether oxygens (including phenoxy) is 1. The van der Waals surface area contributed by atoms with Crippen molar-refractivity contribution in [2.24, 2.45) is 0 Å². The number of hydrogen-bond donors (Lipinski definition) is 1. The van der Waals surface area contributed by atoms with Gasteiger partial charge in [0.15, 0.2) is 0 Å². The van der Waals surface area contributed by atoms with Crippen molar-refractivity contribution in [3.63, 3.8) is 0 Å². The summed E-state index contributed by atoms with van der Waals surface area (Å²) in [7, 11) is 0. The van der Waals surface area contributed by atoms with Crippen LogP contribution in [0.3, 0.4) is 0 Å². The Bertz CT molecular complexity index is 534. The molecule has 1 N–H and O–H groups in total. The van der Waals surface area contributed by atoms with Gasteiger partial charge in [-0.15, -0.1) is 0 Å². The molecule has 0 aromatic heterocycles. The van der Waals surface area contributed by atoms with E-state index in [1.807, 2.05) is 42.5 Å². The molecule has 0 spiro atoms. The number of rotatable bonds is 5. The van der Waals surface area contributed by atoms with E-state index in [4.69, 9.17) is 4.74 Å². The molecule has 5 heteroatoms. The Balaban J connectivity index is 1.88. The van der Waals surface area contributed by atoms with E-state index in [2.05, 4.69) is 5.32 Å². The number of hydrogen-bond acceptors (Lipinski definition) is 2. The standard InChI is InChI=1S/C14H14F3NO/c15-14(16,17)10-18-8-9-19-13-7-3-5-11-4-1-2-6-12(11)13/h1-7,18H,8-10H2. The molecule has 0 heterocycles. The van der Waals surface area contributed by atoms with Crippen molar-refractivity contribution >= 4 is 10.8 Å². The molecule has 2 rings (SSSR count). The lowest BCUT2D eigenvalue weighted by atomic mass is 10.1. The highest BCUT2D eigenvalue weighted by Crippen LogP contribution is 2.24. The zero-order valence-corrected chi connectivity index (χ0v) is 10.2. The van der Waals surface area contributed by atoms with E-state index in [0.717, 1.165) is 10.8 Å². The molecule has 0 radical (unpaired) electrons. The molecule has 0 bridgehead atoms. The van der Waals surface area contributed by atoms with Gasteiger partial charge in [0.05, 0.1) is 6.54 Å². The Labute approximate surface area is 109 Å². The van der Waals surface area contributed by atoms with Gasteiger partial charge in [-0.1, -0.05) is 36.4 Å². The molecular weight excluding hydrogens is 255 g/mol. The van der Waals surface area contributed by atoms with Gasteiger partial charge in [0, 0.05) is 11.9 Å². The van der Waals surface area contributed by atoms with Crippen LogP contribution in [0, 0.1) is 0 Å². The second kappa shape index (κ2) is 5.93. The second-order valence-corrected chi connectivity index (χ2v) is 4.12. The molecule has 2 nitrogen and oxygen atoms in total. The first-order chi connectivity index (χ1) is 9.06. The van der Waals surface area contributed by atoms with E-state index in [0.29, 0.717) is 5.75 Å². The highest BCUT2D eigenvalue weighted by atomic mass is 19.4. The Kier molecular flexibility index (Phi) is 4.27. The molecule has 0 unspecified atom stereocenters. The average molecular weight is 269 g/mol. The van der Waals surface area contributed by atoms with Gasteiger partial charge in [-0.2, -0.15) is 13.2 Å². The molecule has 2 aromatic rings. The third-order valence-corrected chi connectivity index (χ3v) is 2.61. The molecule has 0 saturated heterocycles. The summed E-state index contributed by atoms with van der Waals surface area (Å²) in [6, 6.07) is 13.4. The molecule has 0 aliphatic heterocycles. The summed E-state index contributed by atoms with van der Waals surface area (Å²) in [6.45, 7) is -0.640. The fourth-order valence-electron chi connectivity index (χ4n) is 1.78. The van der Waals surface area contributed by atoms with Gasteiger partial charge >= 0.3 is 6.18 Å². The number of halogens is 3. The normalized spacial score (nSPS) is 11.7. The van der Waals surface area contributed by atoms with E-state index < -0.39 is 12.7 Å². The van der Waals surface area contributed by atoms with Gasteiger partial charge in [0.2, 0.25) is 0 Å². The van der Waals surface area contributed by atoms with Crippen molar-refractivity contribution in [2.45, 2.75) is 6.18 Å². The maximum absolute atomic E-state index is 11.9. The maximum Gasteiger partial charge on any atom is 0.401 e. The zero-order chi connectivity index (χ0) is 13.7. The van der Waals surface area contributed by atoms with Crippen LogP contribution < -0.4 is 10.1 Å². The van der Waals surface area contributed by atoms with Crippen molar-refractivity contribution in [2.75, 3.05) is 19.7 Å². The smallest absolute Gasteiger partial charge is 0.401 e. The molecule has 0 aliphatic rings. The minimum atomic E-state index is -4.18. The van der Waals surface area contributed by atoms with E-state index in [9.17, 15) is 13.2 Å². The highest BCUT2D eigenvalue weighted by Gasteiger charge is 2.25. The van der Waals surface area contributed by atoms with Crippen molar-refractivity contribution in [3.05, 3.63) is 42.5 Å². The lowest BCUT2D eigenvalue weighted by Gasteiger charge is -2.11. The molecule has 102 valence electrons. The van der Waals surface area contributed by atoms with Crippen LogP contribution in [0.5, 0.6) is 5.75 Å². The molecule has 0 atom stereocenters. The largest absolute Gasteiger partial charge is 0.492 e. The molecule has 0 fully saturated rings. The van der Waals surface area contributed by atoms with Crippen LogP contribution in [-0.2, 0) is 0 Å². The SMILES string of the molecule is FC(F)(F)CNCCOc1cccc2ccccc12. The zero-order valence-electron chi connectivity index (χ0n) is 10.2. The highest BCUT2D eigenvalue weighted by molar-refractivity contribution is 5.88. The Morgan fingerprint density at radius 1 is 1.00 bits per heavy atom. The summed E-state index contributed by atoms with van der Waals surface area (Å²) in [5.41, 5.74) is 0. The summed E-state index contributed by atoms with van der Waals surface area (Å²) in [4.78, 5) is 0. The number of nitrogens with one attached hydrogen (secondary N) is 1. The first kappa shape index (κ1) is 13.7. The predicted molar refractivity (Wildman–Crippen MR) is 68.4 cm³/mol. The van der Waals surface area contributed by atoms with Gasteiger partial charge in [0.25, 0.3) is 0 Å². The van der Waals surface area contributed by atoms with E-state index in [1.54, 1.807) is 0 Å². The maximum atomic E-state index is 11.9. The Morgan fingerprint density at radius 3 is 2.53 bits per heavy atom. The van der Waals surface area contributed by atoms with Gasteiger partial charge < -0.3 is 10.1 Å². The Morgan fingerprint density at radius 2 is 1.74 bits per heavy atom. The van der Waals surface area contributed by atoms with Gasteiger partial charge in [-0.3, -0.25) is 0 Å². The summed E-state index contributed by atoms with van der Waals surface area (Å²) >= 11 is 0. The molecule has 2 aromatic carbocycles. The minimum Gasteiger partial charge on any atom is -0.492 e. The molecule has 19 heavy (non-hydrogen) atoms.